The van der Waals surface area contributed by atoms with E-state index in [4.69, 9.17) is 9.84 Å². The van der Waals surface area contributed by atoms with E-state index in [2.05, 4.69) is 9.97 Å². The summed E-state index contributed by atoms with van der Waals surface area (Å²) in [5, 5.41) is 19.6. The lowest BCUT2D eigenvalue weighted by Crippen LogP contribution is -2.02. The predicted octanol–water partition coefficient (Wildman–Crippen LogP) is 1.88. The summed E-state index contributed by atoms with van der Waals surface area (Å²) in [5.41, 5.74) is -0.811. The SMILES string of the molecule is O=C(O)c1cnc(Oc2cccnc2)c([N+](=O)[O-])c1. The zero-order valence-corrected chi connectivity index (χ0v) is 9.39. The molecule has 0 aliphatic heterocycles. The molecule has 0 bridgehead atoms. The topological polar surface area (TPSA) is 115 Å². The molecule has 8 heteroatoms. The van der Waals surface area contributed by atoms with Crippen LogP contribution in [0.2, 0.25) is 0 Å². The van der Waals surface area contributed by atoms with Crippen LogP contribution >= 0.6 is 0 Å². The van der Waals surface area contributed by atoms with Gasteiger partial charge in [-0.15, -0.1) is 0 Å². The lowest BCUT2D eigenvalue weighted by atomic mass is 10.2. The molecule has 0 aromatic carbocycles. The molecule has 0 saturated carbocycles. The number of rotatable bonds is 4. The Morgan fingerprint density at radius 1 is 1.42 bits per heavy atom. The smallest absolute Gasteiger partial charge is 0.337 e. The van der Waals surface area contributed by atoms with Gasteiger partial charge in [-0.2, -0.15) is 0 Å². The van der Waals surface area contributed by atoms with Crippen LogP contribution in [0.25, 0.3) is 0 Å². The van der Waals surface area contributed by atoms with Crippen molar-refractivity contribution in [1.82, 2.24) is 9.97 Å². The lowest BCUT2D eigenvalue weighted by Gasteiger charge is -2.04. The standard InChI is InChI=1S/C11H7N3O5/c15-11(16)7-4-9(14(17)18)10(13-5-7)19-8-2-1-3-12-6-8/h1-6H,(H,15,16). The van der Waals surface area contributed by atoms with Gasteiger partial charge in [-0.1, -0.05) is 0 Å². The molecule has 0 spiro atoms. The number of pyridine rings is 2. The van der Waals surface area contributed by atoms with Crippen LogP contribution in [0.1, 0.15) is 10.4 Å². The summed E-state index contributed by atoms with van der Waals surface area (Å²) < 4.78 is 5.20. The summed E-state index contributed by atoms with van der Waals surface area (Å²) in [4.78, 5) is 28.3. The Balaban J connectivity index is 2.40. The summed E-state index contributed by atoms with van der Waals surface area (Å²) in [6.07, 6.45) is 3.86. The second kappa shape index (κ2) is 5.08. The first-order chi connectivity index (χ1) is 9.08. The van der Waals surface area contributed by atoms with Gasteiger partial charge in [0.1, 0.15) is 5.75 Å². The van der Waals surface area contributed by atoms with Gasteiger partial charge in [0, 0.05) is 18.5 Å². The van der Waals surface area contributed by atoms with Gasteiger partial charge in [-0.05, 0) is 12.1 Å². The van der Waals surface area contributed by atoms with E-state index in [1.165, 1.54) is 12.4 Å². The number of carbonyl (C=O) groups is 1. The van der Waals surface area contributed by atoms with E-state index in [1.54, 1.807) is 12.1 Å². The number of nitrogens with zero attached hydrogens (tertiary/aromatic N) is 3. The van der Waals surface area contributed by atoms with Gasteiger partial charge in [0.05, 0.1) is 16.7 Å². The highest BCUT2D eigenvalue weighted by atomic mass is 16.6. The molecule has 2 aromatic rings. The van der Waals surface area contributed by atoms with Crippen LogP contribution in [0.4, 0.5) is 5.69 Å². The molecule has 8 nitrogen and oxygen atoms in total. The number of aromatic nitrogens is 2. The van der Waals surface area contributed by atoms with E-state index in [9.17, 15) is 14.9 Å². The van der Waals surface area contributed by atoms with Crippen LogP contribution in [0.3, 0.4) is 0 Å². The van der Waals surface area contributed by atoms with E-state index >= 15 is 0 Å². The first kappa shape index (κ1) is 12.4. The maximum Gasteiger partial charge on any atom is 0.337 e. The van der Waals surface area contributed by atoms with E-state index in [1.807, 2.05) is 0 Å². The summed E-state index contributed by atoms with van der Waals surface area (Å²) in [6.45, 7) is 0. The molecule has 0 aliphatic carbocycles. The molecular weight excluding hydrogens is 254 g/mol. The van der Waals surface area contributed by atoms with Gasteiger partial charge in [0.25, 0.3) is 5.88 Å². The zero-order chi connectivity index (χ0) is 13.8. The second-order valence-corrected chi connectivity index (χ2v) is 3.40. The lowest BCUT2D eigenvalue weighted by molar-refractivity contribution is -0.386. The fourth-order valence-corrected chi connectivity index (χ4v) is 1.29. The third kappa shape index (κ3) is 2.80. The molecule has 0 unspecified atom stereocenters. The van der Waals surface area contributed by atoms with Crippen molar-refractivity contribution in [2.75, 3.05) is 0 Å². The zero-order valence-electron chi connectivity index (χ0n) is 9.39. The van der Waals surface area contributed by atoms with Crippen molar-refractivity contribution in [3.63, 3.8) is 0 Å². The Kier molecular flexibility index (Phi) is 3.33. The van der Waals surface area contributed by atoms with E-state index in [0.29, 0.717) is 0 Å². The van der Waals surface area contributed by atoms with E-state index < -0.39 is 16.6 Å². The van der Waals surface area contributed by atoms with Crippen molar-refractivity contribution < 1.29 is 19.6 Å². The molecule has 1 N–H and O–H groups in total. The fourth-order valence-electron chi connectivity index (χ4n) is 1.29. The Bertz CT molecular complexity index is 629. The Labute approximate surface area is 106 Å². The van der Waals surface area contributed by atoms with Crippen LogP contribution in [0.15, 0.2) is 36.8 Å². The first-order valence-corrected chi connectivity index (χ1v) is 5.03. The van der Waals surface area contributed by atoms with Crippen LogP contribution in [-0.2, 0) is 0 Å². The molecule has 0 fully saturated rings. The largest absolute Gasteiger partial charge is 0.478 e. The molecule has 19 heavy (non-hydrogen) atoms. The van der Waals surface area contributed by atoms with Crippen LogP contribution in [0, 0.1) is 10.1 Å². The number of hydrogen-bond donors (Lipinski definition) is 1. The average Bonchev–Trinajstić information content (AvgIpc) is 2.39. The summed E-state index contributed by atoms with van der Waals surface area (Å²) >= 11 is 0. The highest BCUT2D eigenvalue weighted by molar-refractivity contribution is 5.88. The molecule has 0 amide bonds. The molecule has 96 valence electrons. The maximum atomic E-state index is 10.9. The molecule has 0 saturated heterocycles. The van der Waals surface area contributed by atoms with Gasteiger partial charge < -0.3 is 9.84 Å². The summed E-state index contributed by atoms with van der Waals surface area (Å²) in [7, 11) is 0. The number of nitro groups is 1. The minimum Gasteiger partial charge on any atom is -0.478 e. The predicted molar refractivity (Wildman–Crippen MR) is 62.2 cm³/mol. The third-order valence-electron chi connectivity index (χ3n) is 2.12. The van der Waals surface area contributed by atoms with Crippen LogP contribution < -0.4 is 4.74 Å². The normalized spacial score (nSPS) is 9.89. The van der Waals surface area contributed by atoms with E-state index in [0.717, 1.165) is 12.3 Å². The molecule has 2 rings (SSSR count). The van der Waals surface area contributed by atoms with E-state index in [-0.39, 0.29) is 17.2 Å². The van der Waals surface area contributed by atoms with Crippen molar-refractivity contribution >= 4 is 11.7 Å². The van der Waals surface area contributed by atoms with Crippen LogP contribution in [-0.4, -0.2) is 26.0 Å². The highest BCUT2D eigenvalue weighted by Crippen LogP contribution is 2.29. The molecule has 2 heterocycles. The van der Waals surface area contributed by atoms with Crippen molar-refractivity contribution in [3.05, 3.63) is 52.5 Å². The number of hydrogen-bond acceptors (Lipinski definition) is 6. The maximum absolute atomic E-state index is 10.9. The fraction of sp³-hybridized carbons (Fsp3) is 0. The van der Waals surface area contributed by atoms with Crippen molar-refractivity contribution in [2.45, 2.75) is 0 Å². The van der Waals surface area contributed by atoms with Crippen molar-refractivity contribution in [1.29, 1.82) is 0 Å². The third-order valence-corrected chi connectivity index (χ3v) is 2.12. The van der Waals surface area contributed by atoms with Crippen LogP contribution in [0.5, 0.6) is 11.6 Å². The highest BCUT2D eigenvalue weighted by Gasteiger charge is 2.20. The van der Waals surface area contributed by atoms with Crippen molar-refractivity contribution in [3.8, 4) is 11.6 Å². The Morgan fingerprint density at radius 2 is 2.21 bits per heavy atom. The number of aromatic carboxylic acids is 1. The minimum atomic E-state index is -1.30. The van der Waals surface area contributed by atoms with Gasteiger partial charge in [-0.3, -0.25) is 15.1 Å². The monoisotopic (exact) mass is 261 g/mol. The number of carboxylic acid groups (broad SMARTS) is 1. The van der Waals surface area contributed by atoms with Gasteiger partial charge in [0.2, 0.25) is 0 Å². The number of ether oxygens (including phenoxy) is 1. The molecule has 0 atom stereocenters. The van der Waals surface area contributed by atoms with Crippen molar-refractivity contribution in [2.24, 2.45) is 0 Å². The van der Waals surface area contributed by atoms with Gasteiger partial charge in [-0.25, -0.2) is 9.78 Å². The van der Waals surface area contributed by atoms with Gasteiger partial charge in [0.15, 0.2) is 0 Å². The molecule has 0 aliphatic rings. The second-order valence-electron chi connectivity index (χ2n) is 3.40. The quantitative estimate of drug-likeness (QED) is 0.659. The number of carboxylic acids is 1. The molecule has 0 radical (unpaired) electrons. The summed E-state index contributed by atoms with van der Waals surface area (Å²) in [5.74, 6) is -1.33. The summed E-state index contributed by atoms with van der Waals surface area (Å²) in [6, 6.07) is 4.03. The average molecular weight is 261 g/mol. The van der Waals surface area contributed by atoms with Gasteiger partial charge >= 0.3 is 11.7 Å². The Morgan fingerprint density at radius 3 is 2.79 bits per heavy atom. The molecular formula is C11H7N3O5. The first-order valence-electron chi connectivity index (χ1n) is 5.03. The Hall–Kier alpha value is -3.03. The molecule has 2 aromatic heterocycles. The minimum absolute atomic E-state index is 0.265.